The van der Waals surface area contributed by atoms with Crippen molar-refractivity contribution in [1.82, 2.24) is 4.90 Å². The van der Waals surface area contributed by atoms with Gasteiger partial charge in [0.15, 0.2) is 5.76 Å². The number of hydrogen-bond acceptors (Lipinski definition) is 3. The van der Waals surface area contributed by atoms with Crippen molar-refractivity contribution in [2.75, 3.05) is 11.9 Å². The molecule has 23 heavy (non-hydrogen) atoms. The van der Waals surface area contributed by atoms with Crippen LogP contribution in [0.2, 0.25) is 5.02 Å². The number of anilines is 1. The van der Waals surface area contributed by atoms with Crippen molar-refractivity contribution in [3.05, 3.63) is 52.9 Å². The Labute approximate surface area is 139 Å². The lowest BCUT2D eigenvalue weighted by atomic mass is 10.1. The molecule has 1 atom stereocenters. The summed E-state index contributed by atoms with van der Waals surface area (Å²) in [7, 11) is 0. The van der Waals surface area contributed by atoms with Crippen LogP contribution < -0.4 is 5.32 Å². The smallest absolute Gasteiger partial charge is 0.290 e. The summed E-state index contributed by atoms with van der Waals surface area (Å²) < 4.78 is 5.14. The number of nitrogens with zero attached hydrogens (tertiary/aromatic N) is 1. The van der Waals surface area contributed by atoms with E-state index in [-0.39, 0.29) is 17.6 Å². The number of furan rings is 1. The summed E-state index contributed by atoms with van der Waals surface area (Å²) in [6.07, 6.45) is 2.88. The molecule has 1 fully saturated rings. The molecular formula is C17H17ClN2O3. The van der Waals surface area contributed by atoms with Crippen LogP contribution in [0.3, 0.4) is 0 Å². The highest BCUT2D eigenvalue weighted by atomic mass is 35.5. The van der Waals surface area contributed by atoms with Crippen LogP contribution >= 0.6 is 11.6 Å². The number of nitrogens with one attached hydrogen (secondary N) is 1. The third kappa shape index (κ3) is 3.24. The Balaban J connectivity index is 1.73. The van der Waals surface area contributed by atoms with E-state index < -0.39 is 6.04 Å². The van der Waals surface area contributed by atoms with Crippen LogP contribution in [-0.4, -0.2) is 29.3 Å². The minimum Gasteiger partial charge on any atom is -0.459 e. The number of hydrogen-bond donors (Lipinski definition) is 1. The third-order valence-electron chi connectivity index (χ3n) is 3.99. The largest absolute Gasteiger partial charge is 0.459 e. The Morgan fingerprint density at radius 2 is 2.17 bits per heavy atom. The van der Waals surface area contributed by atoms with Gasteiger partial charge in [0.25, 0.3) is 5.91 Å². The van der Waals surface area contributed by atoms with Crippen LogP contribution in [-0.2, 0) is 4.79 Å². The molecule has 1 aliphatic heterocycles. The molecule has 1 aromatic carbocycles. The molecule has 2 heterocycles. The topological polar surface area (TPSA) is 62.6 Å². The van der Waals surface area contributed by atoms with E-state index >= 15 is 0 Å². The van der Waals surface area contributed by atoms with Gasteiger partial charge in [-0.15, -0.1) is 0 Å². The number of amides is 2. The van der Waals surface area contributed by atoms with E-state index in [1.54, 1.807) is 29.2 Å². The van der Waals surface area contributed by atoms with E-state index in [1.165, 1.54) is 6.26 Å². The minimum atomic E-state index is -0.493. The molecule has 0 aliphatic carbocycles. The van der Waals surface area contributed by atoms with Crippen molar-refractivity contribution in [2.24, 2.45) is 0 Å². The maximum absolute atomic E-state index is 12.5. The number of carbonyl (C=O) groups excluding carboxylic acids is 2. The van der Waals surface area contributed by atoms with Crippen molar-refractivity contribution < 1.29 is 14.0 Å². The highest BCUT2D eigenvalue weighted by Gasteiger charge is 2.35. The SMILES string of the molecule is Cc1ccc(NC(=O)[C@@H]2CCCN2C(=O)c2ccco2)cc1Cl. The predicted molar refractivity (Wildman–Crippen MR) is 87.6 cm³/mol. The van der Waals surface area contributed by atoms with Gasteiger partial charge in [0, 0.05) is 17.3 Å². The van der Waals surface area contributed by atoms with Crippen molar-refractivity contribution in [3.63, 3.8) is 0 Å². The molecule has 1 aliphatic rings. The standard InChI is InChI=1S/C17H17ClN2O3/c1-11-6-7-12(10-13(11)18)19-16(21)14-4-2-8-20(14)17(22)15-5-3-9-23-15/h3,5-7,9-10,14H,2,4,8H2,1H3,(H,19,21)/t14-/m0/s1. The van der Waals surface area contributed by atoms with Gasteiger partial charge in [-0.2, -0.15) is 0 Å². The Bertz CT molecular complexity index is 727. The first-order valence-electron chi connectivity index (χ1n) is 7.48. The number of carbonyl (C=O) groups is 2. The van der Waals surface area contributed by atoms with Gasteiger partial charge in [0.2, 0.25) is 5.91 Å². The second kappa shape index (κ2) is 6.46. The molecule has 120 valence electrons. The number of rotatable bonds is 3. The van der Waals surface area contributed by atoms with Crippen molar-refractivity contribution in [2.45, 2.75) is 25.8 Å². The Morgan fingerprint density at radius 1 is 1.35 bits per heavy atom. The van der Waals surface area contributed by atoms with Gasteiger partial charge in [-0.1, -0.05) is 17.7 Å². The number of benzene rings is 1. The molecule has 0 radical (unpaired) electrons. The quantitative estimate of drug-likeness (QED) is 0.935. The third-order valence-corrected chi connectivity index (χ3v) is 4.39. The molecular weight excluding hydrogens is 316 g/mol. The van der Waals surface area contributed by atoms with E-state index in [2.05, 4.69) is 5.32 Å². The highest BCUT2D eigenvalue weighted by Crippen LogP contribution is 2.24. The second-order valence-corrected chi connectivity index (χ2v) is 5.99. The van der Waals surface area contributed by atoms with Crippen molar-refractivity contribution >= 4 is 29.1 Å². The molecule has 0 saturated carbocycles. The fourth-order valence-electron chi connectivity index (χ4n) is 2.72. The molecule has 0 unspecified atom stereocenters. The van der Waals surface area contributed by atoms with E-state index in [9.17, 15) is 9.59 Å². The minimum absolute atomic E-state index is 0.206. The average molecular weight is 333 g/mol. The number of aryl methyl sites for hydroxylation is 1. The normalized spacial score (nSPS) is 17.3. The highest BCUT2D eigenvalue weighted by molar-refractivity contribution is 6.31. The average Bonchev–Trinajstić information content (AvgIpc) is 3.21. The maximum Gasteiger partial charge on any atom is 0.290 e. The Kier molecular flexibility index (Phi) is 4.39. The Hall–Kier alpha value is -2.27. The molecule has 1 N–H and O–H groups in total. The summed E-state index contributed by atoms with van der Waals surface area (Å²) in [6, 6.07) is 8.13. The molecule has 6 heteroatoms. The van der Waals surface area contributed by atoms with E-state index in [0.29, 0.717) is 23.7 Å². The summed E-state index contributed by atoms with van der Waals surface area (Å²) in [5.74, 6) is -0.208. The van der Waals surface area contributed by atoms with Gasteiger partial charge in [0.05, 0.1) is 6.26 Å². The fourth-order valence-corrected chi connectivity index (χ4v) is 2.90. The van der Waals surface area contributed by atoms with Gasteiger partial charge in [-0.25, -0.2) is 0 Å². The molecule has 0 spiro atoms. The zero-order valence-electron chi connectivity index (χ0n) is 12.7. The monoisotopic (exact) mass is 332 g/mol. The lowest BCUT2D eigenvalue weighted by Crippen LogP contribution is -2.43. The predicted octanol–water partition coefficient (Wildman–Crippen LogP) is 3.48. The molecule has 3 rings (SSSR count). The van der Waals surface area contributed by atoms with Crippen LogP contribution in [0.1, 0.15) is 29.0 Å². The lowest BCUT2D eigenvalue weighted by Gasteiger charge is -2.23. The summed E-state index contributed by atoms with van der Waals surface area (Å²) in [5.41, 5.74) is 1.57. The van der Waals surface area contributed by atoms with Gasteiger partial charge in [-0.3, -0.25) is 9.59 Å². The lowest BCUT2D eigenvalue weighted by molar-refractivity contribution is -0.119. The first-order chi connectivity index (χ1) is 11.1. The summed E-state index contributed by atoms with van der Waals surface area (Å²) >= 11 is 6.08. The first-order valence-corrected chi connectivity index (χ1v) is 7.85. The van der Waals surface area contributed by atoms with Gasteiger partial charge in [0.1, 0.15) is 6.04 Å². The van der Waals surface area contributed by atoms with Crippen LogP contribution in [0.25, 0.3) is 0 Å². The summed E-state index contributed by atoms with van der Waals surface area (Å²) in [4.78, 5) is 26.5. The molecule has 2 aromatic rings. The first kappa shape index (κ1) is 15.6. The molecule has 1 saturated heterocycles. The van der Waals surface area contributed by atoms with E-state index in [1.807, 2.05) is 13.0 Å². The van der Waals surface area contributed by atoms with E-state index in [4.69, 9.17) is 16.0 Å². The maximum atomic E-state index is 12.5. The van der Waals surface area contributed by atoms with Crippen LogP contribution in [0.5, 0.6) is 0 Å². The van der Waals surface area contributed by atoms with Crippen molar-refractivity contribution in [1.29, 1.82) is 0 Å². The molecule has 5 nitrogen and oxygen atoms in total. The molecule has 2 amide bonds. The zero-order chi connectivity index (χ0) is 16.4. The molecule has 1 aromatic heterocycles. The fraction of sp³-hybridized carbons (Fsp3) is 0.294. The van der Waals surface area contributed by atoms with Crippen LogP contribution in [0.4, 0.5) is 5.69 Å². The summed E-state index contributed by atoms with van der Waals surface area (Å²) in [6.45, 7) is 2.45. The van der Waals surface area contributed by atoms with Gasteiger partial charge in [-0.05, 0) is 49.6 Å². The molecule has 0 bridgehead atoms. The number of halogens is 1. The van der Waals surface area contributed by atoms with Crippen molar-refractivity contribution in [3.8, 4) is 0 Å². The zero-order valence-corrected chi connectivity index (χ0v) is 13.5. The van der Waals surface area contributed by atoms with E-state index in [0.717, 1.165) is 12.0 Å². The Morgan fingerprint density at radius 3 is 2.87 bits per heavy atom. The number of likely N-dealkylation sites (tertiary alicyclic amines) is 1. The second-order valence-electron chi connectivity index (χ2n) is 5.59. The van der Waals surface area contributed by atoms with Gasteiger partial charge < -0.3 is 14.6 Å². The van der Waals surface area contributed by atoms with Gasteiger partial charge >= 0.3 is 0 Å². The van der Waals surface area contributed by atoms with Crippen LogP contribution in [0, 0.1) is 6.92 Å². The van der Waals surface area contributed by atoms with Crippen LogP contribution in [0.15, 0.2) is 41.0 Å². The summed E-state index contributed by atoms with van der Waals surface area (Å²) in [5, 5.41) is 3.43.